The third-order valence-electron chi connectivity index (χ3n) is 4.54. The Kier molecular flexibility index (Phi) is 6.92. The maximum atomic E-state index is 12.9. The van der Waals surface area contributed by atoms with Gasteiger partial charge in [0, 0.05) is 25.4 Å². The van der Waals surface area contributed by atoms with E-state index in [9.17, 15) is 13.2 Å². The highest BCUT2D eigenvalue weighted by Crippen LogP contribution is 2.19. The van der Waals surface area contributed by atoms with E-state index in [1.807, 2.05) is 6.07 Å². The van der Waals surface area contributed by atoms with Crippen molar-refractivity contribution in [2.45, 2.75) is 25.5 Å². The standard InChI is InChI=1S/C21H23N3O5S/c1-30(26,27)29-19-10-6-17(7-11-19)14-24(15-20-3-2-12-28-20)21(25)23-18-8-4-16(13-22)5-9-18/h4-11,20H,2-3,12,14-15H2,1H3,(H,23,25). The molecule has 1 N–H and O–H groups in total. The van der Waals surface area contributed by atoms with Crippen molar-refractivity contribution in [1.29, 1.82) is 5.26 Å². The Morgan fingerprint density at radius 2 is 1.93 bits per heavy atom. The summed E-state index contributed by atoms with van der Waals surface area (Å²) in [6, 6.07) is 14.9. The minimum absolute atomic E-state index is 0.0236. The van der Waals surface area contributed by atoms with E-state index < -0.39 is 10.1 Å². The molecule has 0 radical (unpaired) electrons. The molecule has 30 heavy (non-hydrogen) atoms. The number of urea groups is 1. The van der Waals surface area contributed by atoms with Crippen LogP contribution < -0.4 is 9.50 Å². The molecule has 8 nitrogen and oxygen atoms in total. The Morgan fingerprint density at radius 1 is 1.23 bits per heavy atom. The van der Waals surface area contributed by atoms with Gasteiger partial charge in [-0.15, -0.1) is 0 Å². The number of nitrogens with zero attached hydrogens (tertiary/aromatic N) is 2. The molecule has 1 unspecified atom stereocenters. The Labute approximate surface area is 176 Å². The molecule has 2 amide bonds. The summed E-state index contributed by atoms with van der Waals surface area (Å²) in [6.07, 6.45) is 2.82. The van der Waals surface area contributed by atoms with Crippen LogP contribution in [0.1, 0.15) is 24.0 Å². The molecule has 0 aliphatic carbocycles. The lowest BCUT2D eigenvalue weighted by molar-refractivity contribution is 0.0819. The maximum Gasteiger partial charge on any atom is 0.322 e. The molecule has 9 heteroatoms. The van der Waals surface area contributed by atoms with Gasteiger partial charge in [0.05, 0.1) is 24.0 Å². The molecule has 0 spiro atoms. The zero-order chi connectivity index (χ0) is 21.6. The van der Waals surface area contributed by atoms with Crippen LogP contribution in [-0.2, 0) is 21.4 Å². The molecule has 0 saturated carbocycles. The van der Waals surface area contributed by atoms with Crippen molar-refractivity contribution in [3.05, 3.63) is 59.7 Å². The van der Waals surface area contributed by atoms with Crippen LogP contribution in [0.15, 0.2) is 48.5 Å². The minimum atomic E-state index is -3.59. The number of hydrogen-bond donors (Lipinski definition) is 1. The highest BCUT2D eigenvalue weighted by molar-refractivity contribution is 7.86. The fourth-order valence-electron chi connectivity index (χ4n) is 3.13. The van der Waals surface area contributed by atoms with Gasteiger partial charge in [-0.3, -0.25) is 0 Å². The quantitative estimate of drug-likeness (QED) is 0.678. The molecule has 1 aliphatic rings. The van der Waals surface area contributed by atoms with Gasteiger partial charge in [0.25, 0.3) is 0 Å². The predicted molar refractivity (Wildman–Crippen MR) is 111 cm³/mol. The van der Waals surface area contributed by atoms with E-state index in [1.165, 1.54) is 0 Å². The first kappa shape index (κ1) is 21.6. The molecule has 2 aromatic carbocycles. The lowest BCUT2D eigenvalue weighted by Crippen LogP contribution is -2.39. The van der Waals surface area contributed by atoms with Crippen molar-refractivity contribution in [3.8, 4) is 11.8 Å². The molecule has 1 heterocycles. The van der Waals surface area contributed by atoms with Crippen LogP contribution in [0.4, 0.5) is 10.5 Å². The van der Waals surface area contributed by atoms with Gasteiger partial charge in [0.15, 0.2) is 0 Å². The van der Waals surface area contributed by atoms with Crippen molar-refractivity contribution < 1.29 is 22.1 Å². The van der Waals surface area contributed by atoms with Crippen molar-refractivity contribution in [2.24, 2.45) is 0 Å². The fourth-order valence-corrected chi connectivity index (χ4v) is 3.59. The van der Waals surface area contributed by atoms with Gasteiger partial charge < -0.3 is 19.1 Å². The summed E-state index contributed by atoms with van der Waals surface area (Å²) in [4.78, 5) is 14.6. The Hall–Kier alpha value is -3.09. The van der Waals surface area contributed by atoms with Gasteiger partial charge in [0.1, 0.15) is 5.75 Å². The minimum Gasteiger partial charge on any atom is -0.383 e. The molecule has 3 rings (SSSR count). The van der Waals surface area contributed by atoms with E-state index in [1.54, 1.807) is 53.4 Å². The van der Waals surface area contributed by atoms with Gasteiger partial charge in [-0.25, -0.2) is 4.79 Å². The zero-order valence-electron chi connectivity index (χ0n) is 16.6. The van der Waals surface area contributed by atoms with E-state index >= 15 is 0 Å². The van der Waals surface area contributed by atoms with E-state index in [0.29, 0.717) is 30.9 Å². The molecule has 2 aromatic rings. The molecule has 0 bridgehead atoms. The van der Waals surface area contributed by atoms with Crippen molar-refractivity contribution in [2.75, 3.05) is 24.7 Å². The highest BCUT2D eigenvalue weighted by Gasteiger charge is 2.23. The lowest BCUT2D eigenvalue weighted by Gasteiger charge is -2.26. The van der Waals surface area contributed by atoms with Crippen molar-refractivity contribution >= 4 is 21.8 Å². The number of nitriles is 1. The topological polar surface area (TPSA) is 109 Å². The largest absolute Gasteiger partial charge is 0.383 e. The molecular formula is C21H23N3O5S. The van der Waals surface area contributed by atoms with Crippen LogP contribution >= 0.6 is 0 Å². The summed E-state index contributed by atoms with van der Waals surface area (Å²) < 4.78 is 33.0. The monoisotopic (exact) mass is 429 g/mol. The van der Waals surface area contributed by atoms with Gasteiger partial charge in [-0.05, 0) is 54.8 Å². The Bertz CT molecular complexity index is 1010. The molecule has 1 fully saturated rings. The Balaban J connectivity index is 1.71. The van der Waals surface area contributed by atoms with Gasteiger partial charge in [0.2, 0.25) is 0 Å². The molecule has 1 aliphatic heterocycles. The predicted octanol–water partition coefficient (Wildman–Crippen LogP) is 3.11. The third kappa shape index (κ3) is 6.47. The van der Waals surface area contributed by atoms with Gasteiger partial charge in [-0.1, -0.05) is 12.1 Å². The maximum absolute atomic E-state index is 12.9. The van der Waals surface area contributed by atoms with E-state index in [0.717, 1.165) is 24.7 Å². The highest BCUT2D eigenvalue weighted by atomic mass is 32.2. The number of amides is 2. The smallest absolute Gasteiger partial charge is 0.322 e. The van der Waals surface area contributed by atoms with E-state index in [4.69, 9.17) is 14.2 Å². The summed E-state index contributed by atoms with van der Waals surface area (Å²) in [7, 11) is -3.59. The van der Waals surface area contributed by atoms with Crippen molar-refractivity contribution in [1.82, 2.24) is 4.90 Å². The molecular weight excluding hydrogens is 406 g/mol. The average molecular weight is 429 g/mol. The summed E-state index contributed by atoms with van der Waals surface area (Å²) >= 11 is 0. The first-order valence-electron chi connectivity index (χ1n) is 9.48. The van der Waals surface area contributed by atoms with Crippen molar-refractivity contribution in [3.63, 3.8) is 0 Å². The number of ether oxygens (including phenoxy) is 1. The van der Waals surface area contributed by atoms with E-state index in [2.05, 4.69) is 5.32 Å². The van der Waals surface area contributed by atoms with Crippen LogP contribution in [0.2, 0.25) is 0 Å². The van der Waals surface area contributed by atoms with Crippen LogP contribution in [-0.4, -0.2) is 44.9 Å². The van der Waals surface area contributed by atoms with Crippen LogP contribution in [0.25, 0.3) is 0 Å². The second-order valence-electron chi connectivity index (χ2n) is 7.07. The number of anilines is 1. The Morgan fingerprint density at radius 3 is 2.50 bits per heavy atom. The van der Waals surface area contributed by atoms with Crippen LogP contribution in [0, 0.1) is 11.3 Å². The first-order valence-corrected chi connectivity index (χ1v) is 11.3. The number of carbonyl (C=O) groups is 1. The average Bonchev–Trinajstić information content (AvgIpc) is 3.21. The number of carbonyl (C=O) groups excluding carboxylic acids is 1. The van der Waals surface area contributed by atoms with Crippen LogP contribution in [0.3, 0.4) is 0 Å². The number of benzene rings is 2. The summed E-state index contributed by atoms with van der Waals surface area (Å²) in [5.41, 5.74) is 1.93. The van der Waals surface area contributed by atoms with Gasteiger partial charge in [-0.2, -0.15) is 13.7 Å². The normalized spacial score (nSPS) is 15.9. The second kappa shape index (κ2) is 9.61. The lowest BCUT2D eigenvalue weighted by atomic mass is 10.2. The number of rotatable bonds is 7. The van der Waals surface area contributed by atoms with Crippen LogP contribution in [0.5, 0.6) is 5.75 Å². The molecule has 1 saturated heterocycles. The molecule has 0 aromatic heterocycles. The number of nitrogens with one attached hydrogen (secondary N) is 1. The summed E-state index contributed by atoms with van der Waals surface area (Å²) in [6.45, 7) is 1.44. The molecule has 158 valence electrons. The summed E-state index contributed by atoms with van der Waals surface area (Å²) in [5, 5.41) is 11.8. The van der Waals surface area contributed by atoms with E-state index in [-0.39, 0.29) is 17.9 Å². The first-order chi connectivity index (χ1) is 14.3. The number of hydrogen-bond acceptors (Lipinski definition) is 6. The zero-order valence-corrected chi connectivity index (χ0v) is 17.4. The SMILES string of the molecule is CS(=O)(=O)Oc1ccc(CN(CC2CCCO2)C(=O)Nc2ccc(C#N)cc2)cc1. The third-order valence-corrected chi connectivity index (χ3v) is 5.04. The second-order valence-corrected chi connectivity index (χ2v) is 8.64. The summed E-state index contributed by atoms with van der Waals surface area (Å²) in [5.74, 6) is 0.217. The van der Waals surface area contributed by atoms with Gasteiger partial charge >= 0.3 is 16.1 Å². The molecule has 1 atom stereocenters. The fraction of sp³-hybridized carbons (Fsp3) is 0.333.